The van der Waals surface area contributed by atoms with Crippen molar-refractivity contribution in [3.05, 3.63) is 58.9 Å². The summed E-state index contributed by atoms with van der Waals surface area (Å²) in [4.78, 5) is 21.1. The minimum absolute atomic E-state index is 0.116. The largest absolute Gasteiger partial charge is 0.350 e. The molecule has 0 bridgehead atoms. The van der Waals surface area contributed by atoms with Gasteiger partial charge in [-0.05, 0) is 45.5 Å². The fourth-order valence-corrected chi connectivity index (χ4v) is 4.64. The minimum atomic E-state index is -0.444. The number of likely N-dealkylation sites (tertiary alicyclic amines) is 1. The molecule has 1 amide bonds. The molecule has 2 aromatic heterocycles. The van der Waals surface area contributed by atoms with E-state index in [4.69, 9.17) is 0 Å². The summed E-state index contributed by atoms with van der Waals surface area (Å²) < 4.78 is 2.08. The van der Waals surface area contributed by atoms with Gasteiger partial charge in [-0.25, -0.2) is 4.98 Å². The van der Waals surface area contributed by atoms with Crippen LogP contribution in [-0.2, 0) is 16.8 Å². The quantitative estimate of drug-likeness (QED) is 0.770. The standard InChI is InChI=1S/C20H24N4OS/c1-15-14-26-19-22-17(13-24(15)19)12-21-18(25)20(8-10-23(2)11-9-20)16-6-4-3-5-7-16/h3-7,13-14H,8-12H2,1-2H3,(H,21,25). The number of piperidine rings is 1. The maximum absolute atomic E-state index is 13.3. The minimum Gasteiger partial charge on any atom is -0.350 e. The number of carbonyl (C=O) groups is 1. The van der Waals surface area contributed by atoms with E-state index in [-0.39, 0.29) is 5.91 Å². The van der Waals surface area contributed by atoms with Crippen LogP contribution < -0.4 is 5.32 Å². The van der Waals surface area contributed by atoms with Crippen molar-refractivity contribution in [2.24, 2.45) is 0 Å². The van der Waals surface area contributed by atoms with E-state index in [0.29, 0.717) is 6.54 Å². The Bertz CT molecular complexity index is 906. The summed E-state index contributed by atoms with van der Waals surface area (Å²) in [7, 11) is 2.12. The van der Waals surface area contributed by atoms with Gasteiger partial charge in [-0.1, -0.05) is 30.3 Å². The number of aryl methyl sites for hydroxylation is 1. The van der Waals surface area contributed by atoms with Crippen LogP contribution in [0, 0.1) is 6.92 Å². The average molecular weight is 369 g/mol. The first kappa shape index (κ1) is 17.2. The Labute approximate surface area is 157 Å². The van der Waals surface area contributed by atoms with Crippen LogP contribution in [0.25, 0.3) is 4.96 Å². The molecule has 1 N–H and O–H groups in total. The van der Waals surface area contributed by atoms with Crippen molar-refractivity contribution in [3.8, 4) is 0 Å². The SMILES string of the molecule is Cc1csc2nc(CNC(=O)C3(c4ccccc4)CCN(C)CC3)cn12. The highest BCUT2D eigenvalue weighted by Crippen LogP contribution is 2.35. The molecule has 0 atom stereocenters. The van der Waals surface area contributed by atoms with Gasteiger partial charge in [0.1, 0.15) is 0 Å². The zero-order valence-corrected chi connectivity index (χ0v) is 16.1. The Morgan fingerprint density at radius 2 is 2.00 bits per heavy atom. The highest BCUT2D eigenvalue weighted by molar-refractivity contribution is 7.15. The van der Waals surface area contributed by atoms with E-state index < -0.39 is 5.41 Å². The van der Waals surface area contributed by atoms with E-state index >= 15 is 0 Å². The summed E-state index contributed by atoms with van der Waals surface area (Å²) >= 11 is 1.63. The lowest BCUT2D eigenvalue weighted by Gasteiger charge is -2.39. The highest BCUT2D eigenvalue weighted by Gasteiger charge is 2.42. The molecule has 0 aliphatic carbocycles. The maximum atomic E-state index is 13.3. The lowest BCUT2D eigenvalue weighted by atomic mass is 9.72. The van der Waals surface area contributed by atoms with Crippen molar-refractivity contribution in [1.29, 1.82) is 0 Å². The Hall–Kier alpha value is -2.18. The predicted molar refractivity (Wildman–Crippen MR) is 105 cm³/mol. The Balaban J connectivity index is 1.54. The normalized spacial score (nSPS) is 17.5. The second-order valence-electron chi connectivity index (χ2n) is 7.20. The molecule has 4 rings (SSSR count). The first-order chi connectivity index (χ1) is 12.6. The molecule has 0 unspecified atom stereocenters. The third-order valence-corrected chi connectivity index (χ3v) is 6.43. The molecule has 0 saturated carbocycles. The van der Waals surface area contributed by atoms with E-state index in [1.807, 2.05) is 24.4 Å². The fraction of sp³-hybridized carbons (Fsp3) is 0.400. The van der Waals surface area contributed by atoms with Crippen LogP contribution in [-0.4, -0.2) is 40.3 Å². The summed E-state index contributed by atoms with van der Waals surface area (Å²) in [6, 6.07) is 10.2. The maximum Gasteiger partial charge on any atom is 0.231 e. The molecule has 1 aromatic carbocycles. The van der Waals surface area contributed by atoms with E-state index in [2.05, 4.69) is 51.1 Å². The van der Waals surface area contributed by atoms with Crippen LogP contribution in [0.5, 0.6) is 0 Å². The number of imidazole rings is 1. The van der Waals surface area contributed by atoms with Gasteiger partial charge in [0.2, 0.25) is 5.91 Å². The molecule has 6 heteroatoms. The average Bonchev–Trinajstić information content (AvgIpc) is 3.23. The lowest BCUT2D eigenvalue weighted by Crippen LogP contribution is -2.50. The van der Waals surface area contributed by atoms with Crippen LogP contribution in [0.3, 0.4) is 0 Å². The van der Waals surface area contributed by atoms with Gasteiger partial charge in [0.05, 0.1) is 17.7 Å². The Morgan fingerprint density at radius 3 is 2.69 bits per heavy atom. The topological polar surface area (TPSA) is 49.6 Å². The van der Waals surface area contributed by atoms with Crippen LogP contribution in [0.1, 0.15) is 29.8 Å². The van der Waals surface area contributed by atoms with Crippen LogP contribution in [0.4, 0.5) is 0 Å². The second kappa shape index (κ2) is 6.85. The van der Waals surface area contributed by atoms with Gasteiger partial charge in [0.25, 0.3) is 0 Å². The number of nitrogens with zero attached hydrogens (tertiary/aromatic N) is 3. The van der Waals surface area contributed by atoms with Gasteiger partial charge in [-0.15, -0.1) is 11.3 Å². The first-order valence-electron chi connectivity index (χ1n) is 9.03. The number of aromatic nitrogens is 2. The zero-order chi connectivity index (χ0) is 18.1. The number of benzene rings is 1. The molecule has 3 aromatic rings. The van der Waals surface area contributed by atoms with Crippen LogP contribution in [0.2, 0.25) is 0 Å². The predicted octanol–water partition coefficient (Wildman–Crippen LogP) is 2.98. The van der Waals surface area contributed by atoms with Gasteiger partial charge >= 0.3 is 0 Å². The number of hydrogen-bond acceptors (Lipinski definition) is 4. The lowest BCUT2D eigenvalue weighted by molar-refractivity contribution is -0.128. The van der Waals surface area contributed by atoms with Crippen molar-refractivity contribution in [2.75, 3.05) is 20.1 Å². The molecular weight excluding hydrogens is 344 g/mol. The Kier molecular flexibility index (Phi) is 4.54. The van der Waals surface area contributed by atoms with Crippen molar-refractivity contribution in [3.63, 3.8) is 0 Å². The van der Waals surface area contributed by atoms with E-state index in [9.17, 15) is 4.79 Å². The van der Waals surface area contributed by atoms with E-state index in [1.54, 1.807) is 11.3 Å². The molecule has 5 nitrogen and oxygen atoms in total. The third-order valence-electron chi connectivity index (χ3n) is 5.47. The van der Waals surface area contributed by atoms with E-state index in [0.717, 1.165) is 42.1 Å². The monoisotopic (exact) mass is 368 g/mol. The smallest absolute Gasteiger partial charge is 0.231 e. The van der Waals surface area contributed by atoms with Crippen molar-refractivity contribution < 1.29 is 4.79 Å². The van der Waals surface area contributed by atoms with Crippen LogP contribution >= 0.6 is 11.3 Å². The van der Waals surface area contributed by atoms with Crippen molar-refractivity contribution >= 4 is 22.2 Å². The van der Waals surface area contributed by atoms with Crippen LogP contribution in [0.15, 0.2) is 41.9 Å². The zero-order valence-electron chi connectivity index (χ0n) is 15.2. The summed E-state index contributed by atoms with van der Waals surface area (Å²) in [6.07, 6.45) is 3.71. The van der Waals surface area contributed by atoms with Crippen molar-refractivity contribution in [1.82, 2.24) is 19.6 Å². The van der Waals surface area contributed by atoms with Gasteiger partial charge in [0, 0.05) is 17.3 Å². The van der Waals surface area contributed by atoms with Gasteiger partial charge in [-0.3, -0.25) is 9.20 Å². The van der Waals surface area contributed by atoms with E-state index in [1.165, 1.54) is 5.69 Å². The molecule has 0 spiro atoms. The molecule has 1 fully saturated rings. The summed E-state index contributed by atoms with van der Waals surface area (Å²) in [5.74, 6) is 0.116. The van der Waals surface area contributed by atoms with Crippen molar-refractivity contribution in [2.45, 2.75) is 31.7 Å². The number of amides is 1. The molecule has 136 valence electrons. The number of hydrogen-bond donors (Lipinski definition) is 1. The van der Waals surface area contributed by atoms with Gasteiger partial charge in [0.15, 0.2) is 4.96 Å². The summed E-state index contributed by atoms with van der Waals surface area (Å²) in [5, 5.41) is 5.26. The fourth-order valence-electron chi connectivity index (χ4n) is 3.77. The molecule has 1 aliphatic rings. The number of nitrogens with one attached hydrogen (secondary N) is 1. The summed E-state index contributed by atoms with van der Waals surface area (Å²) in [6.45, 7) is 4.40. The second-order valence-corrected chi connectivity index (χ2v) is 8.03. The molecule has 1 aliphatic heterocycles. The number of carbonyl (C=O) groups excluding carboxylic acids is 1. The molecule has 1 saturated heterocycles. The molecular formula is C20H24N4OS. The third kappa shape index (κ3) is 3.04. The first-order valence-corrected chi connectivity index (χ1v) is 9.91. The number of thiazole rings is 1. The van der Waals surface area contributed by atoms with Gasteiger partial charge in [-0.2, -0.15) is 0 Å². The Morgan fingerprint density at radius 1 is 1.27 bits per heavy atom. The summed E-state index contributed by atoms with van der Waals surface area (Å²) in [5.41, 5.74) is 2.75. The van der Waals surface area contributed by atoms with Gasteiger partial charge < -0.3 is 10.2 Å². The number of rotatable bonds is 4. The molecule has 0 radical (unpaired) electrons. The number of fused-ring (bicyclic) bond motifs is 1. The highest BCUT2D eigenvalue weighted by atomic mass is 32.1. The molecule has 26 heavy (non-hydrogen) atoms. The molecule has 3 heterocycles.